The van der Waals surface area contributed by atoms with Crippen LogP contribution in [0.5, 0.6) is 51.7 Å². The molecule has 4 N–H and O–H groups in total. The molecule has 29 heteroatoms. The zero-order valence-corrected chi connectivity index (χ0v) is 87.1. The van der Waals surface area contributed by atoms with Gasteiger partial charge >= 0.3 is 0 Å². The molecule has 12 fully saturated rings. The molecule has 7 aromatic carbocycles. The van der Waals surface area contributed by atoms with Gasteiger partial charge in [0.25, 0.3) is 0 Å². The fourth-order valence-electron chi connectivity index (χ4n) is 25.7. The van der Waals surface area contributed by atoms with Crippen LogP contribution in [0.2, 0.25) is 15.3 Å². The van der Waals surface area contributed by atoms with Crippen LogP contribution in [0.25, 0.3) is 43.6 Å². The molecule has 145 heavy (non-hydrogen) atoms. The normalized spacial score (nSPS) is 26.0. The topological polar surface area (TPSA) is 228 Å². The summed E-state index contributed by atoms with van der Waals surface area (Å²) in [6.07, 6.45) is 19.7. The van der Waals surface area contributed by atoms with E-state index < -0.39 is 64.9 Å². The summed E-state index contributed by atoms with van der Waals surface area (Å²) >= 11 is 19.2. The van der Waals surface area contributed by atoms with Crippen LogP contribution in [-0.2, 0) is 26.2 Å². The minimum Gasteiger partial charge on any atom is -0.497 e. The molecule has 20 atom stereocenters. The molecular formula is C116H136Cl3F4N9O13. The van der Waals surface area contributed by atoms with Gasteiger partial charge in [-0.2, -0.15) is 0 Å². The molecule has 12 aromatic rings. The van der Waals surface area contributed by atoms with Gasteiger partial charge in [0.15, 0.2) is 46.3 Å². The molecule has 8 bridgehead atoms. The van der Waals surface area contributed by atoms with Crippen molar-refractivity contribution >= 4 is 78.4 Å². The van der Waals surface area contributed by atoms with E-state index in [2.05, 4.69) is 69.5 Å². The Morgan fingerprint density at radius 1 is 0.386 bits per heavy atom. The van der Waals surface area contributed by atoms with Gasteiger partial charge in [0, 0.05) is 150 Å². The molecule has 12 saturated heterocycles. The molecule has 18 heterocycles. The van der Waals surface area contributed by atoms with E-state index in [0.717, 1.165) is 219 Å². The Morgan fingerprint density at radius 3 is 0.993 bits per heavy atom. The maximum atomic E-state index is 15.0. The summed E-state index contributed by atoms with van der Waals surface area (Å²) in [7, 11) is 11.4. The number of piperidine rings is 12. The lowest BCUT2D eigenvalue weighted by molar-refractivity contribution is -0.985. The van der Waals surface area contributed by atoms with Crippen molar-refractivity contribution in [1.29, 1.82) is 0 Å². The first-order chi connectivity index (χ1) is 68.1. The Labute approximate surface area is 864 Å². The van der Waals surface area contributed by atoms with Crippen molar-refractivity contribution in [3.63, 3.8) is 0 Å². The van der Waals surface area contributed by atoms with Gasteiger partial charge in [0.2, 0.25) is 12.5 Å². The Hall–Kier alpha value is -11.2. The highest BCUT2D eigenvalue weighted by Crippen LogP contribution is 2.56. The molecule has 0 aliphatic carbocycles. The number of halogens is 7. The Balaban J connectivity index is 0.000000152. The van der Waals surface area contributed by atoms with E-state index >= 15 is 8.78 Å². The SMILES string of the molecule is C=CC1C[N+]2(Cc3c(F)c(F)c(C)c(F)c3F)CCC1C[C@H]2[C@H](O)c1ccnc2ccc(OC)cc12.C=CC1C[N+]2(Cc3cc(Cl)nc(Cl)c3)CCC1C[C@H]2[C@H](O)c1ccnc2ccc(OC)cc12.C=CC1C[N+]2(Cc3cc(OC)c(OC)c(OC)c3)CCC1C[C@H]2[C@H](O)c1ccnc2ccc(OC)cc12.C=CC1C[N+]2(Cc3cc4c(cc3Cl)OCO4)CCC1C[C@H]2[C@H](O)c1ccnc2ccc(OC)cc12.[CH3-].[CH3-].[CH3-].[CH3-]. The number of fused-ring (bicyclic) bond motifs is 17. The van der Waals surface area contributed by atoms with E-state index in [9.17, 15) is 29.2 Å². The average Bonchev–Trinajstić information content (AvgIpc) is 1.61. The van der Waals surface area contributed by atoms with E-state index in [1.54, 1.807) is 98.8 Å². The second-order valence-electron chi connectivity index (χ2n) is 39.9. The van der Waals surface area contributed by atoms with Crippen molar-refractivity contribution in [3.8, 4) is 51.7 Å². The van der Waals surface area contributed by atoms with Gasteiger partial charge in [0.1, 0.15) is 108 Å². The van der Waals surface area contributed by atoms with Crippen molar-refractivity contribution in [2.75, 3.05) is 109 Å². The molecular weight excluding hydrogens is 1910 g/mol. The molecule has 5 aromatic heterocycles. The molecule has 13 aliphatic rings. The molecule has 22 nitrogen and oxygen atoms in total. The largest absolute Gasteiger partial charge is 0.497 e. The highest BCUT2D eigenvalue weighted by atomic mass is 35.5. The zero-order valence-electron chi connectivity index (χ0n) is 84.9. The molecule has 0 radical (unpaired) electrons. The van der Waals surface area contributed by atoms with Gasteiger partial charge in [0.05, 0.1) is 135 Å². The molecule has 25 rings (SSSR count). The van der Waals surface area contributed by atoms with Crippen molar-refractivity contribution in [1.82, 2.24) is 24.9 Å². The number of benzene rings is 7. The number of hydrogen-bond donors (Lipinski definition) is 4. The Morgan fingerprint density at radius 2 is 0.690 bits per heavy atom. The lowest BCUT2D eigenvalue weighted by atomic mass is 9.71. The van der Waals surface area contributed by atoms with Crippen molar-refractivity contribution in [2.24, 2.45) is 47.3 Å². The van der Waals surface area contributed by atoms with Gasteiger partial charge in [-0.15, -0.1) is 26.3 Å². The van der Waals surface area contributed by atoms with Gasteiger partial charge in [-0.05, 0) is 180 Å². The van der Waals surface area contributed by atoms with Crippen LogP contribution in [0.1, 0.15) is 126 Å². The Bertz CT molecular complexity index is 6660. The number of methoxy groups -OCH3 is 7. The number of aromatic nitrogens is 5. The number of nitrogens with zero attached hydrogens (tertiary/aromatic N) is 9. The average molecular weight is 2050 g/mol. The molecule has 0 saturated carbocycles. The fraction of sp³-hybridized carbons (Fsp3) is 0.388. The van der Waals surface area contributed by atoms with Crippen LogP contribution >= 0.6 is 34.8 Å². The highest BCUT2D eigenvalue weighted by molar-refractivity contribution is 6.32. The fourth-order valence-corrected chi connectivity index (χ4v) is 26.4. The summed E-state index contributed by atoms with van der Waals surface area (Å²) in [5, 5.41) is 52.6. The van der Waals surface area contributed by atoms with Gasteiger partial charge in [-0.25, -0.2) is 22.5 Å². The monoisotopic (exact) mass is 2040 g/mol. The number of pyridine rings is 5. The van der Waals surface area contributed by atoms with E-state index in [4.69, 9.17) is 77.4 Å². The number of aliphatic hydroxyl groups excluding tert-OH is 4. The minimum atomic E-state index is -1.38. The van der Waals surface area contributed by atoms with Crippen LogP contribution in [0, 0.1) is 107 Å². The summed E-state index contributed by atoms with van der Waals surface area (Å²) in [6.45, 7) is 26.3. The van der Waals surface area contributed by atoms with Crippen molar-refractivity contribution in [2.45, 2.75) is 133 Å². The quantitative estimate of drug-likeness (QED) is 0.00937. The number of ether oxygens (including phenoxy) is 9. The predicted molar refractivity (Wildman–Crippen MR) is 563 cm³/mol. The number of rotatable bonds is 27. The molecule has 0 spiro atoms. The smallest absolute Gasteiger partial charge is 0.231 e. The van der Waals surface area contributed by atoms with Crippen LogP contribution in [0.15, 0.2) is 209 Å². The third-order valence-electron chi connectivity index (χ3n) is 33.0. The van der Waals surface area contributed by atoms with Gasteiger partial charge < -0.3 is 111 Å². The summed E-state index contributed by atoms with van der Waals surface area (Å²) in [6, 6.07) is 41.8. The van der Waals surface area contributed by atoms with Crippen molar-refractivity contribution in [3.05, 3.63) is 327 Å². The molecule has 0 amide bonds. The third kappa shape index (κ3) is 21.0. The lowest BCUT2D eigenvalue weighted by Crippen LogP contribution is -2.67. The standard InChI is InChI=1S/C30H37N2O5.C28H30ClN2O4.C28H29F4N2O2.C26H28Cl2N3O2.4CH3/c1-6-20-18-32(17-19-13-27(35-3)30(37-5)28(14-19)36-4)12-10-21(20)15-26(32)29(33)23-9-11-31-25-8-7-22(34-2)16-24(23)25;1-3-17-14-31(15-19-11-26-27(13-23(19)29)35-16-34-26)9-7-18(17)10-25(31)28(32)21-6-8-30-24-5-4-20(33-2)12-22(21)24;1-4-16-13-34(14-21-26(31)24(29)15(2)25(30)27(21)32)10-8-17(16)11-23(34)28(35)19-7-9-33-22-6-5-18(36-3)12-20(19)22;1-3-17-15-31(14-16-10-24(27)30-25(28)11-16)9-7-18(17)12-23(31)26(32)20-6-8-29-22-5-4-19(33-2)13-21(20)22;;;;/h6-9,11,13-14,16,20-21,26,29,33H,1,10,12,15,17-18H2,2-5H3;3-6,8,11-13,17-18,25,28,32H,1,7,9-10,14-16H2,2H3;4-7,9,12,16-17,23,28,35H,1,8,10-11,13-14H2,2-3H3;3-6,8,10-11,13,17-18,23,26,32H,1,7,9,12,14-15H2,2H3;4*1H3/q4*+1;4*-1/t20?,21?,26-,29+,32?;17?,18?,25-,28+,31?;16?,17?,23-,28+,34?;17?,18?,23-,26+,31?;;;;/m0000..../s1. The second-order valence-corrected chi connectivity index (χ2v) is 41.0. The van der Waals surface area contributed by atoms with Gasteiger partial charge in [-0.1, -0.05) is 59.1 Å². The zero-order chi connectivity index (χ0) is 99.3. The van der Waals surface area contributed by atoms with E-state index in [0.29, 0.717) is 110 Å². The maximum absolute atomic E-state index is 15.0. The first-order valence-electron chi connectivity index (χ1n) is 48.5. The van der Waals surface area contributed by atoms with Crippen LogP contribution < -0.4 is 42.6 Å². The van der Waals surface area contributed by atoms with E-state index in [-0.39, 0.29) is 77.5 Å². The maximum Gasteiger partial charge on any atom is 0.231 e. The molecule has 12 unspecified atom stereocenters. The second kappa shape index (κ2) is 45.6. The Kier molecular flexibility index (Phi) is 34.4. The first kappa shape index (κ1) is 109. The summed E-state index contributed by atoms with van der Waals surface area (Å²) in [5.41, 5.74) is 8.44. The highest BCUT2D eigenvalue weighted by Gasteiger charge is 2.59. The lowest BCUT2D eigenvalue weighted by Gasteiger charge is -2.58. The van der Waals surface area contributed by atoms with E-state index in [1.165, 1.54) is 0 Å². The summed E-state index contributed by atoms with van der Waals surface area (Å²) in [4.78, 5) is 22.0. The number of hydrogen-bond acceptors (Lipinski definition) is 18. The predicted octanol–water partition coefficient (Wildman–Crippen LogP) is 23.3. The summed E-state index contributed by atoms with van der Waals surface area (Å²) in [5.74, 6) is 3.90. The molecule has 772 valence electrons. The van der Waals surface area contributed by atoms with Crippen LogP contribution in [0.4, 0.5) is 17.6 Å². The van der Waals surface area contributed by atoms with Gasteiger partial charge in [-0.3, -0.25) is 19.9 Å². The number of aliphatic hydroxyl groups is 4. The number of quaternary nitrogens is 4. The third-order valence-corrected chi connectivity index (χ3v) is 33.7. The van der Waals surface area contributed by atoms with Crippen molar-refractivity contribution < 1.29 is 98.6 Å². The van der Waals surface area contributed by atoms with E-state index in [1.807, 2.05) is 115 Å². The summed E-state index contributed by atoms with van der Waals surface area (Å²) < 4.78 is 111. The molecule has 13 aliphatic heterocycles. The van der Waals surface area contributed by atoms with Crippen LogP contribution in [-0.4, -0.2) is 196 Å². The van der Waals surface area contributed by atoms with Crippen LogP contribution in [0.3, 0.4) is 0 Å². The minimum absolute atomic E-state index is 0. The first-order valence-corrected chi connectivity index (χ1v) is 49.6.